The fourth-order valence-electron chi connectivity index (χ4n) is 2.38. The number of amides is 1. The Labute approximate surface area is 158 Å². The third-order valence-electron chi connectivity index (χ3n) is 3.77. The number of carbonyl (C=O) groups is 1. The lowest BCUT2D eigenvalue weighted by Crippen LogP contribution is -2.33. The van der Waals surface area contributed by atoms with E-state index in [2.05, 4.69) is 16.6 Å². The SMILES string of the molecule is C=CCNC(=O)C[C@H](NS(=O)(=O)c1ccc(F)cc1)c1ccc(OC)cc1. The first-order valence-electron chi connectivity index (χ1n) is 8.15. The molecule has 0 saturated carbocycles. The van der Waals surface area contributed by atoms with Gasteiger partial charge in [-0.2, -0.15) is 0 Å². The predicted molar refractivity (Wildman–Crippen MR) is 100 cm³/mol. The fourth-order valence-corrected chi connectivity index (χ4v) is 3.60. The van der Waals surface area contributed by atoms with Gasteiger partial charge in [-0.15, -0.1) is 6.58 Å². The maximum Gasteiger partial charge on any atom is 0.241 e. The van der Waals surface area contributed by atoms with E-state index in [1.54, 1.807) is 24.3 Å². The van der Waals surface area contributed by atoms with Crippen LogP contribution >= 0.6 is 0 Å². The molecule has 6 nitrogen and oxygen atoms in total. The van der Waals surface area contributed by atoms with Crippen LogP contribution in [0.1, 0.15) is 18.0 Å². The molecule has 2 N–H and O–H groups in total. The molecule has 27 heavy (non-hydrogen) atoms. The highest BCUT2D eigenvalue weighted by Gasteiger charge is 2.24. The normalized spacial score (nSPS) is 12.2. The van der Waals surface area contributed by atoms with E-state index in [1.807, 2.05) is 0 Å². The number of carbonyl (C=O) groups excluding carboxylic acids is 1. The van der Waals surface area contributed by atoms with Crippen LogP contribution in [0.25, 0.3) is 0 Å². The van der Waals surface area contributed by atoms with E-state index in [4.69, 9.17) is 4.74 Å². The van der Waals surface area contributed by atoms with Gasteiger partial charge in [0, 0.05) is 13.0 Å². The zero-order valence-electron chi connectivity index (χ0n) is 14.8. The van der Waals surface area contributed by atoms with Gasteiger partial charge in [-0.05, 0) is 42.0 Å². The lowest BCUT2D eigenvalue weighted by Gasteiger charge is -2.19. The van der Waals surface area contributed by atoms with Crippen molar-refractivity contribution in [3.8, 4) is 5.75 Å². The van der Waals surface area contributed by atoms with Crippen molar-refractivity contribution in [2.75, 3.05) is 13.7 Å². The van der Waals surface area contributed by atoms with E-state index in [1.165, 1.54) is 25.3 Å². The van der Waals surface area contributed by atoms with Gasteiger partial charge >= 0.3 is 0 Å². The first-order chi connectivity index (χ1) is 12.9. The van der Waals surface area contributed by atoms with E-state index in [0.29, 0.717) is 11.3 Å². The molecule has 0 spiro atoms. The number of ether oxygens (including phenoxy) is 1. The summed E-state index contributed by atoms with van der Waals surface area (Å²) in [7, 11) is -2.43. The molecule has 0 aromatic heterocycles. The highest BCUT2D eigenvalue weighted by Crippen LogP contribution is 2.23. The molecule has 0 aliphatic carbocycles. The molecule has 1 amide bonds. The number of benzene rings is 2. The van der Waals surface area contributed by atoms with E-state index in [-0.39, 0.29) is 23.8 Å². The topological polar surface area (TPSA) is 84.5 Å². The largest absolute Gasteiger partial charge is 0.497 e. The second-order valence-corrected chi connectivity index (χ2v) is 7.41. The number of sulfonamides is 1. The predicted octanol–water partition coefficient (Wildman–Crippen LogP) is 2.55. The average molecular weight is 392 g/mol. The van der Waals surface area contributed by atoms with Crippen molar-refractivity contribution in [1.82, 2.24) is 10.0 Å². The molecule has 0 aliphatic rings. The van der Waals surface area contributed by atoms with Crippen molar-refractivity contribution in [3.05, 3.63) is 72.6 Å². The van der Waals surface area contributed by atoms with Crippen molar-refractivity contribution in [1.29, 1.82) is 0 Å². The summed E-state index contributed by atoms with van der Waals surface area (Å²) in [5.74, 6) is -0.267. The molecule has 0 aliphatic heterocycles. The number of rotatable bonds is 9. The van der Waals surface area contributed by atoms with Crippen LogP contribution in [0.2, 0.25) is 0 Å². The van der Waals surface area contributed by atoms with Crippen LogP contribution in [-0.2, 0) is 14.8 Å². The van der Waals surface area contributed by atoms with E-state index in [0.717, 1.165) is 12.1 Å². The first kappa shape index (κ1) is 20.6. The van der Waals surface area contributed by atoms with Crippen LogP contribution < -0.4 is 14.8 Å². The Morgan fingerprint density at radius 2 is 1.81 bits per heavy atom. The molecule has 0 unspecified atom stereocenters. The minimum absolute atomic E-state index is 0.0890. The summed E-state index contributed by atoms with van der Waals surface area (Å²) in [6, 6.07) is 10.4. The Hall–Kier alpha value is -2.71. The summed E-state index contributed by atoms with van der Waals surface area (Å²) < 4.78 is 46.0. The van der Waals surface area contributed by atoms with Crippen LogP contribution in [0.15, 0.2) is 66.1 Å². The summed E-state index contributed by atoms with van der Waals surface area (Å²) in [5.41, 5.74) is 0.593. The zero-order valence-corrected chi connectivity index (χ0v) is 15.6. The van der Waals surface area contributed by atoms with Crippen molar-refractivity contribution in [2.24, 2.45) is 0 Å². The van der Waals surface area contributed by atoms with Crippen LogP contribution in [0.3, 0.4) is 0 Å². The Bertz CT molecular complexity index is 881. The van der Waals surface area contributed by atoms with Crippen LogP contribution in [-0.4, -0.2) is 28.0 Å². The average Bonchev–Trinajstić information content (AvgIpc) is 2.66. The van der Waals surface area contributed by atoms with Gasteiger partial charge in [-0.25, -0.2) is 17.5 Å². The molecule has 8 heteroatoms. The highest BCUT2D eigenvalue weighted by molar-refractivity contribution is 7.89. The summed E-state index contributed by atoms with van der Waals surface area (Å²) in [4.78, 5) is 12.0. The summed E-state index contributed by atoms with van der Waals surface area (Å²) >= 11 is 0. The standard InChI is InChI=1S/C19H21FN2O4S/c1-3-12-21-19(23)13-18(14-4-8-16(26-2)9-5-14)22-27(24,25)17-10-6-15(20)7-11-17/h3-11,18,22H,1,12-13H2,2H3,(H,21,23)/t18-/m0/s1. The van der Waals surface area contributed by atoms with Crippen LogP contribution in [0, 0.1) is 5.82 Å². The number of nitrogens with one attached hydrogen (secondary N) is 2. The fraction of sp³-hybridized carbons (Fsp3) is 0.211. The van der Waals surface area contributed by atoms with Gasteiger partial charge in [0.2, 0.25) is 15.9 Å². The molecule has 0 heterocycles. The minimum Gasteiger partial charge on any atom is -0.497 e. The maximum absolute atomic E-state index is 13.1. The quantitative estimate of drug-likeness (QED) is 0.643. The van der Waals surface area contributed by atoms with Gasteiger partial charge < -0.3 is 10.1 Å². The van der Waals surface area contributed by atoms with Crippen molar-refractivity contribution in [2.45, 2.75) is 17.4 Å². The molecular formula is C19H21FN2O4S. The molecule has 0 bridgehead atoms. The molecule has 1 atom stereocenters. The van der Waals surface area contributed by atoms with Gasteiger partial charge in [-0.3, -0.25) is 4.79 Å². The van der Waals surface area contributed by atoms with Gasteiger partial charge in [0.25, 0.3) is 0 Å². The van der Waals surface area contributed by atoms with E-state index < -0.39 is 21.9 Å². The minimum atomic E-state index is -3.95. The third-order valence-corrected chi connectivity index (χ3v) is 5.26. The Morgan fingerprint density at radius 1 is 1.19 bits per heavy atom. The molecular weight excluding hydrogens is 371 g/mol. The van der Waals surface area contributed by atoms with Gasteiger partial charge in [0.15, 0.2) is 0 Å². The molecule has 2 aromatic rings. The first-order valence-corrected chi connectivity index (χ1v) is 9.63. The monoisotopic (exact) mass is 392 g/mol. The Kier molecular flexibility index (Phi) is 7.09. The Balaban J connectivity index is 2.28. The van der Waals surface area contributed by atoms with Crippen molar-refractivity contribution < 1.29 is 22.3 Å². The Morgan fingerprint density at radius 3 is 2.37 bits per heavy atom. The molecule has 0 saturated heterocycles. The molecule has 2 rings (SSSR count). The lowest BCUT2D eigenvalue weighted by molar-refractivity contribution is -0.121. The number of halogens is 1. The molecule has 0 fully saturated rings. The van der Waals surface area contributed by atoms with Gasteiger partial charge in [0.1, 0.15) is 11.6 Å². The zero-order chi connectivity index (χ0) is 19.9. The van der Waals surface area contributed by atoms with Crippen LogP contribution in [0.5, 0.6) is 5.75 Å². The number of methoxy groups -OCH3 is 1. The number of hydrogen-bond acceptors (Lipinski definition) is 4. The highest BCUT2D eigenvalue weighted by atomic mass is 32.2. The van der Waals surface area contributed by atoms with Gasteiger partial charge in [0.05, 0.1) is 18.0 Å². The third kappa shape index (κ3) is 5.90. The summed E-state index contributed by atoms with van der Waals surface area (Å²) in [6.45, 7) is 3.80. The van der Waals surface area contributed by atoms with Gasteiger partial charge in [-0.1, -0.05) is 18.2 Å². The summed E-state index contributed by atoms with van der Waals surface area (Å²) in [5, 5.41) is 2.62. The summed E-state index contributed by atoms with van der Waals surface area (Å²) in [6.07, 6.45) is 1.42. The number of hydrogen-bond donors (Lipinski definition) is 2. The molecule has 0 radical (unpaired) electrons. The lowest BCUT2D eigenvalue weighted by atomic mass is 10.0. The van der Waals surface area contributed by atoms with Crippen molar-refractivity contribution >= 4 is 15.9 Å². The second-order valence-electron chi connectivity index (χ2n) is 5.70. The molecule has 2 aromatic carbocycles. The van der Waals surface area contributed by atoms with E-state index >= 15 is 0 Å². The smallest absolute Gasteiger partial charge is 0.241 e. The van der Waals surface area contributed by atoms with Crippen LogP contribution in [0.4, 0.5) is 4.39 Å². The second kappa shape index (κ2) is 9.29. The van der Waals surface area contributed by atoms with E-state index in [9.17, 15) is 17.6 Å². The maximum atomic E-state index is 13.1. The molecule has 144 valence electrons. The van der Waals surface area contributed by atoms with Crippen molar-refractivity contribution in [3.63, 3.8) is 0 Å².